The van der Waals surface area contributed by atoms with Crippen molar-refractivity contribution in [3.63, 3.8) is 0 Å². The van der Waals surface area contributed by atoms with Crippen molar-refractivity contribution < 1.29 is 8.42 Å². The highest BCUT2D eigenvalue weighted by atomic mass is 35.5. The number of rotatable bonds is 3. The molecule has 0 spiro atoms. The van der Waals surface area contributed by atoms with Gasteiger partial charge in [0.05, 0.1) is 5.25 Å². The number of hydrogen-bond acceptors (Lipinski definition) is 2. The van der Waals surface area contributed by atoms with E-state index in [0.29, 0.717) is 24.9 Å². The molecule has 88 valence electrons. The molecule has 3 nitrogen and oxygen atoms in total. The molecule has 1 unspecified atom stereocenters. The lowest BCUT2D eigenvalue weighted by Crippen LogP contribution is -2.36. The number of alkyl halides is 1. The molecular weight excluding hydrogens is 234 g/mol. The zero-order chi connectivity index (χ0) is 10.9. The lowest BCUT2D eigenvalue weighted by molar-refractivity contribution is 0.454. The van der Waals surface area contributed by atoms with Crippen LogP contribution in [0.1, 0.15) is 32.1 Å². The molecule has 0 aromatic heterocycles. The summed E-state index contributed by atoms with van der Waals surface area (Å²) in [4.78, 5) is 0. The van der Waals surface area contributed by atoms with Crippen LogP contribution in [0.3, 0.4) is 0 Å². The first-order chi connectivity index (χ1) is 7.14. The van der Waals surface area contributed by atoms with E-state index in [1.807, 2.05) is 0 Å². The van der Waals surface area contributed by atoms with Crippen LogP contribution in [-0.4, -0.2) is 36.9 Å². The number of hydrogen-bond donors (Lipinski definition) is 0. The van der Waals surface area contributed by atoms with Crippen LogP contribution in [0.25, 0.3) is 0 Å². The zero-order valence-corrected chi connectivity index (χ0v) is 10.4. The maximum Gasteiger partial charge on any atom is 0.216 e. The summed E-state index contributed by atoms with van der Waals surface area (Å²) in [5, 5.41) is -0.105. The summed E-state index contributed by atoms with van der Waals surface area (Å²) in [5.74, 6) is 0.944. The number of nitrogens with zero attached hydrogens (tertiary/aromatic N) is 1. The highest BCUT2D eigenvalue weighted by Crippen LogP contribution is 2.30. The predicted octanol–water partition coefficient (Wildman–Crippen LogP) is 1.82. The van der Waals surface area contributed by atoms with Gasteiger partial charge in [-0.3, -0.25) is 0 Å². The molecule has 2 fully saturated rings. The average molecular weight is 252 g/mol. The Labute approximate surface area is 96.8 Å². The molecule has 1 atom stereocenters. The van der Waals surface area contributed by atoms with Gasteiger partial charge in [-0.2, -0.15) is 0 Å². The zero-order valence-electron chi connectivity index (χ0n) is 8.86. The third-order valence-electron chi connectivity index (χ3n) is 3.55. The van der Waals surface area contributed by atoms with Crippen LogP contribution in [-0.2, 0) is 10.0 Å². The van der Waals surface area contributed by atoms with Gasteiger partial charge in [0.2, 0.25) is 10.0 Å². The van der Waals surface area contributed by atoms with Gasteiger partial charge >= 0.3 is 0 Å². The van der Waals surface area contributed by atoms with E-state index in [2.05, 4.69) is 0 Å². The Bertz CT molecular complexity index is 311. The van der Waals surface area contributed by atoms with Crippen molar-refractivity contribution in [3.8, 4) is 0 Å². The Morgan fingerprint density at radius 2 is 1.87 bits per heavy atom. The maximum absolute atomic E-state index is 12.2. The van der Waals surface area contributed by atoms with E-state index in [9.17, 15) is 8.42 Å². The van der Waals surface area contributed by atoms with Gasteiger partial charge in [-0.1, -0.05) is 12.8 Å². The molecule has 1 aliphatic carbocycles. The van der Waals surface area contributed by atoms with Crippen LogP contribution in [0.15, 0.2) is 0 Å². The van der Waals surface area contributed by atoms with E-state index in [1.54, 1.807) is 4.31 Å². The summed E-state index contributed by atoms with van der Waals surface area (Å²) in [7, 11) is -3.01. The first-order valence-corrected chi connectivity index (χ1v) is 7.73. The molecule has 1 heterocycles. The molecule has 2 aliphatic rings. The molecule has 0 radical (unpaired) electrons. The summed E-state index contributed by atoms with van der Waals surface area (Å²) in [6, 6.07) is 0. The fourth-order valence-corrected chi connectivity index (χ4v) is 4.93. The van der Waals surface area contributed by atoms with E-state index in [4.69, 9.17) is 11.6 Å². The fraction of sp³-hybridized carbons (Fsp3) is 1.00. The quantitative estimate of drug-likeness (QED) is 0.718. The second-order valence-corrected chi connectivity index (χ2v) is 7.14. The second kappa shape index (κ2) is 4.60. The molecular formula is C10H18ClNO2S. The van der Waals surface area contributed by atoms with Crippen molar-refractivity contribution in [2.75, 3.05) is 19.0 Å². The molecule has 0 aromatic rings. The fourth-order valence-electron chi connectivity index (χ4n) is 2.55. The van der Waals surface area contributed by atoms with E-state index < -0.39 is 10.0 Å². The van der Waals surface area contributed by atoms with Gasteiger partial charge in [0.25, 0.3) is 0 Å². The minimum absolute atomic E-state index is 0.105. The molecule has 1 saturated carbocycles. The van der Waals surface area contributed by atoms with Gasteiger partial charge in [-0.15, -0.1) is 11.6 Å². The molecule has 1 saturated heterocycles. The lowest BCUT2D eigenvalue weighted by Gasteiger charge is -2.20. The van der Waals surface area contributed by atoms with Gasteiger partial charge in [0, 0.05) is 19.0 Å². The third-order valence-corrected chi connectivity index (χ3v) is 6.35. The Morgan fingerprint density at radius 1 is 1.20 bits per heavy atom. The highest BCUT2D eigenvalue weighted by molar-refractivity contribution is 7.89. The lowest BCUT2D eigenvalue weighted by atomic mass is 10.2. The Hall–Kier alpha value is 0.200. The highest BCUT2D eigenvalue weighted by Gasteiger charge is 2.37. The monoisotopic (exact) mass is 251 g/mol. The molecule has 0 N–H and O–H groups in total. The molecule has 0 aromatic carbocycles. The topological polar surface area (TPSA) is 37.4 Å². The van der Waals surface area contributed by atoms with Crippen molar-refractivity contribution >= 4 is 21.6 Å². The first kappa shape index (κ1) is 11.7. The number of halogens is 1. The summed E-state index contributed by atoms with van der Waals surface area (Å²) >= 11 is 5.76. The second-order valence-electron chi connectivity index (χ2n) is 4.62. The Kier molecular flexibility index (Phi) is 3.58. The van der Waals surface area contributed by atoms with Gasteiger partial charge in [-0.25, -0.2) is 12.7 Å². The standard InChI is InChI=1S/C10H18ClNO2S/c11-7-9-5-6-12(8-9)15(13,14)10-3-1-2-4-10/h9-10H,1-8H2. The molecule has 0 bridgehead atoms. The molecule has 15 heavy (non-hydrogen) atoms. The predicted molar refractivity (Wildman–Crippen MR) is 61.6 cm³/mol. The van der Waals surface area contributed by atoms with Gasteiger partial charge in [-0.05, 0) is 25.2 Å². The van der Waals surface area contributed by atoms with Crippen LogP contribution in [0.2, 0.25) is 0 Å². The average Bonchev–Trinajstić information content (AvgIpc) is 2.89. The molecule has 5 heteroatoms. The molecule has 0 amide bonds. The Balaban J connectivity index is 2.03. The van der Waals surface area contributed by atoms with Crippen molar-refractivity contribution in [1.82, 2.24) is 4.31 Å². The minimum Gasteiger partial charge on any atom is -0.212 e. The summed E-state index contributed by atoms with van der Waals surface area (Å²) in [5.41, 5.74) is 0. The van der Waals surface area contributed by atoms with Crippen molar-refractivity contribution in [2.45, 2.75) is 37.4 Å². The smallest absolute Gasteiger partial charge is 0.212 e. The summed E-state index contributed by atoms with van der Waals surface area (Å²) < 4.78 is 26.0. The van der Waals surface area contributed by atoms with Crippen LogP contribution in [0.4, 0.5) is 0 Å². The maximum atomic E-state index is 12.2. The van der Waals surface area contributed by atoms with Crippen LogP contribution in [0.5, 0.6) is 0 Å². The third kappa shape index (κ3) is 2.32. The van der Waals surface area contributed by atoms with Gasteiger partial charge < -0.3 is 0 Å². The van der Waals surface area contributed by atoms with E-state index >= 15 is 0 Å². The minimum atomic E-state index is -3.01. The largest absolute Gasteiger partial charge is 0.216 e. The first-order valence-electron chi connectivity index (χ1n) is 5.69. The summed E-state index contributed by atoms with van der Waals surface area (Å²) in [6.45, 7) is 1.32. The Morgan fingerprint density at radius 3 is 2.40 bits per heavy atom. The number of sulfonamides is 1. The van der Waals surface area contributed by atoms with Gasteiger partial charge in [0.15, 0.2) is 0 Å². The SMILES string of the molecule is O=S(=O)(C1CCCC1)N1CCC(CCl)C1. The van der Waals surface area contributed by atoms with Crippen molar-refractivity contribution in [2.24, 2.45) is 5.92 Å². The van der Waals surface area contributed by atoms with Gasteiger partial charge in [0.1, 0.15) is 0 Å². The van der Waals surface area contributed by atoms with Crippen molar-refractivity contribution in [3.05, 3.63) is 0 Å². The molecule has 2 rings (SSSR count). The summed E-state index contributed by atoms with van der Waals surface area (Å²) in [6.07, 6.45) is 4.76. The van der Waals surface area contributed by atoms with E-state index in [0.717, 1.165) is 32.1 Å². The van der Waals surface area contributed by atoms with E-state index in [-0.39, 0.29) is 5.25 Å². The van der Waals surface area contributed by atoms with E-state index in [1.165, 1.54) is 0 Å². The van der Waals surface area contributed by atoms with Crippen LogP contribution in [0, 0.1) is 5.92 Å². The van der Waals surface area contributed by atoms with Crippen LogP contribution >= 0.6 is 11.6 Å². The molecule has 1 aliphatic heterocycles. The van der Waals surface area contributed by atoms with Crippen LogP contribution < -0.4 is 0 Å². The normalized spacial score (nSPS) is 30.1. The van der Waals surface area contributed by atoms with Crippen molar-refractivity contribution in [1.29, 1.82) is 0 Å².